The molecule has 2 N–H and O–H groups in total. The van der Waals surface area contributed by atoms with Gasteiger partial charge in [-0.1, -0.05) is 12.1 Å². The van der Waals surface area contributed by atoms with E-state index in [4.69, 9.17) is 5.11 Å². The van der Waals surface area contributed by atoms with Gasteiger partial charge >= 0.3 is 5.97 Å². The number of carbonyl (C=O) groups excluding carboxylic acids is 1. The zero-order valence-electron chi connectivity index (χ0n) is 9.28. The van der Waals surface area contributed by atoms with Gasteiger partial charge in [0.15, 0.2) is 0 Å². The quantitative estimate of drug-likeness (QED) is 0.787. The predicted octanol–water partition coefficient (Wildman–Crippen LogP) is 1.35. The fourth-order valence-corrected chi connectivity index (χ4v) is 1.31. The van der Waals surface area contributed by atoms with Gasteiger partial charge in [-0.25, -0.2) is 4.39 Å². The predicted molar refractivity (Wildman–Crippen MR) is 60.0 cm³/mol. The molecule has 0 heterocycles. The molecular formula is C12H14FNO3. The van der Waals surface area contributed by atoms with Crippen LogP contribution in [0.2, 0.25) is 0 Å². The van der Waals surface area contributed by atoms with Crippen LogP contribution in [0.25, 0.3) is 0 Å². The van der Waals surface area contributed by atoms with E-state index in [2.05, 4.69) is 5.32 Å². The van der Waals surface area contributed by atoms with Crippen LogP contribution in [0, 0.1) is 5.82 Å². The number of carboxylic acid groups (broad SMARTS) is 1. The first-order chi connectivity index (χ1) is 8.08. The highest BCUT2D eigenvalue weighted by Crippen LogP contribution is 2.02. The topological polar surface area (TPSA) is 66.4 Å². The number of rotatable bonds is 6. The number of carboxylic acids is 1. The minimum absolute atomic E-state index is 0.0151. The molecular weight excluding hydrogens is 225 g/mol. The molecule has 1 aromatic rings. The lowest BCUT2D eigenvalue weighted by Crippen LogP contribution is -2.25. The molecule has 1 rings (SSSR count). The van der Waals surface area contributed by atoms with Crippen molar-refractivity contribution in [2.45, 2.75) is 19.3 Å². The van der Waals surface area contributed by atoms with Crippen LogP contribution in [-0.4, -0.2) is 23.5 Å². The molecule has 92 valence electrons. The van der Waals surface area contributed by atoms with E-state index in [1.807, 2.05) is 0 Å². The summed E-state index contributed by atoms with van der Waals surface area (Å²) in [6.07, 6.45) is 0.417. The van der Waals surface area contributed by atoms with E-state index in [9.17, 15) is 14.0 Å². The second-order valence-electron chi connectivity index (χ2n) is 3.62. The Balaban J connectivity index is 2.21. The summed E-state index contributed by atoms with van der Waals surface area (Å²) in [7, 11) is 0. The normalized spacial score (nSPS) is 9.94. The van der Waals surface area contributed by atoms with Crippen LogP contribution in [-0.2, 0) is 16.0 Å². The van der Waals surface area contributed by atoms with E-state index in [1.54, 1.807) is 12.1 Å². The molecule has 0 unspecified atom stereocenters. The van der Waals surface area contributed by atoms with Crippen LogP contribution in [0.5, 0.6) is 0 Å². The maximum atomic E-state index is 12.6. The molecule has 0 saturated carbocycles. The van der Waals surface area contributed by atoms with Crippen LogP contribution in [0.1, 0.15) is 18.4 Å². The molecule has 17 heavy (non-hydrogen) atoms. The third-order valence-corrected chi connectivity index (χ3v) is 2.22. The van der Waals surface area contributed by atoms with Gasteiger partial charge in [0.1, 0.15) is 5.82 Å². The third kappa shape index (κ3) is 5.65. The Morgan fingerprint density at radius 1 is 1.18 bits per heavy atom. The van der Waals surface area contributed by atoms with Gasteiger partial charge in [0.25, 0.3) is 0 Å². The molecule has 5 heteroatoms. The van der Waals surface area contributed by atoms with Crippen molar-refractivity contribution in [2.24, 2.45) is 0 Å². The summed E-state index contributed by atoms with van der Waals surface area (Å²) in [5, 5.41) is 11.0. The molecule has 1 aromatic carbocycles. The smallest absolute Gasteiger partial charge is 0.303 e. The van der Waals surface area contributed by atoms with Crippen molar-refractivity contribution in [1.29, 1.82) is 0 Å². The fraction of sp³-hybridized carbons (Fsp3) is 0.333. The molecule has 0 fully saturated rings. The largest absolute Gasteiger partial charge is 0.481 e. The van der Waals surface area contributed by atoms with Crippen LogP contribution >= 0.6 is 0 Å². The zero-order valence-corrected chi connectivity index (χ0v) is 9.28. The average molecular weight is 239 g/mol. The molecule has 0 aliphatic rings. The highest BCUT2D eigenvalue weighted by atomic mass is 19.1. The molecule has 0 radical (unpaired) electrons. The van der Waals surface area contributed by atoms with Crippen molar-refractivity contribution >= 4 is 11.9 Å². The van der Waals surface area contributed by atoms with Crippen molar-refractivity contribution in [2.75, 3.05) is 6.54 Å². The molecule has 4 nitrogen and oxygen atoms in total. The number of aliphatic carboxylic acids is 1. The Bertz CT molecular complexity index is 389. The number of nitrogens with one attached hydrogen (secondary N) is 1. The second kappa shape index (κ2) is 6.62. The van der Waals surface area contributed by atoms with E-state index in [1.165, 1.54) is 12.1 Å². The van der Waals surface area contributed by atoms with Gasteiger partial charge in [-0.2, -0.15) is 0 Å². The number of benzene rings is 1. The highest BCUT2D eigenvalue weighted by molar-refractivity contribution is 5.80. The maximum absolute atomic E-state index is 12.6. The van der Waals surface area contributed by atoms with Gasteiger partial charge in [-0.3, -0.25) is 9.59 Å². The summed E-state index contributed by atoms with van der Waals surface area (Å²) in [4.78, 5) is 21.4. The lowest BCUT2D eigenvalue weighted by Gasteiger charge is -2.04. The van der Waals surface area contributed by atoms with Crippen molar-refractivity contribution in [3.8, 4) is 0 Å². The standard InChI is InChI=1S/C12H14FNO3/c13-10-3-1-9(2-4-10)7-8-14-11(15)5-6-12(16)17/h1-4H,5-8H2,(H,14,15)(H,16,17). The van der Waals surface area contributed by atoms with Gasteiger partial charge in [-0.15, -0.1) is 0 Å². The number of hydrogen-bond acceptors (Lipinski definition) is 2. The lowest BCUT2D eigenvalue weighted by molar-refractivity contribution is -0.138. The Morgan fingerprint density at radius 2 is 1.82 bits per heavy atom. The van der Waals surface area contributed by atoms with E-state index >= 15 is 0 Å². The first kappa shape index (κ1) is 13.2. The maximum Gasteiger partial charge on any atom is 0.303 e. The number of hydrogen-bond donors (Lipinski definition) is 2. The molecule has 0 aliphatic carbocycles. The van der Waals surface area contributed by atoms with Crippen molar-refractivity contribution in [3.63, 3.8) is 0 Å². The average Bonchev–Trinajstić information content (AvgIpc) is 2.29. The van der Waals surface area contributed by atoms with Crippen molar-refractivity contribution in [3.05, 3.63) is 35.6 Å². The number of carbonyl (C=O) groups is 2. The van der Waals surface area contributed by atoms with Gasteiger partial charge in [0, 0.05) is 13.0 Å². The summed E-state index contributed by atoms with van der Waals surface area (Å²) >= 11 is 0. The van der Waals surface area contributed by atoms with Crippen LogP contribution in [0.3, 0.4) is 0 Å². The molecule has 0 bridgehead atoms. The molecule has 0 atom stereocenters. The molecule has 0 saturated heterocycles. The minimum atomic E-state index is -0.987. The Kier molecular flexibility index (Phi) is 5.13. The summed E-state index contributed by atoms with van der Waals surface area (Å²) in [6.45, 7) is 0.421. The zero-order chi connectivity index (χ0) is 12.7. The van der Waals surface area contributed by atoms with Crippen LogP contribution in [0.4, 0.5) is 4.39 Å². The SMILES string of the molecule is O=C(O)CCC(=O)NCCc1ccc(F)cc1. The summed E-state index contributed by atoms with van der Waals surface area (Å²) in [5.74, 6) is -1.56. The highest BCUT2D eigenvalue weighted by Gasteiger charge is 2.04. The molecule has 0 aliphatic heterocycles. The van der Waals surface area contributed by atoms with Crippen LogP contribution < -0.4 is 5.32 Å². The van der Waals surface area contributed by atoms with E-state index in [-0.39, 0.29) is 24.6 Å². The number of halogens is 1. The second-order valence-corrected chi connectivity index (χ2v) is 3.62. The van der Waals surface area contributed by atoms with Crippen molar-refractivity contribution < 1.29 is 19.1 Å². The Morgan fingerprint density at radius 3 is 2.41 bits per heavy atom. The van der Waals surface area contributed by atoms with Gasteiger partial charge in [-0.05, 0) is 24.1 Å². The van der Waals surface area contributed by atoms with E-state index < -0.39 is 5.97 Å². The monoisotopic (exact) mass is 239 g/mol. The lowest BCUT2D eigenvalue weighted by atomic mass is 10.1. The van der Waals surface area contributed by atoms with Gasteiger partial charge in [0.2, 0.25) is 5.91 Å². The molecule has 0 spiro atoms. The summed E-state index contributed by atoms with van der Waals surface area (Å²) < 4.78 is 12.6. The van der Waals surface area contributed by atoms with E-state index in [0.717, 1.165) is 5.56 Å². The Labute approximate surface area is 98.5 Å². The molecule has 1 amide bonds. The number of amides is 1. The van der Waals surface area contributed by atoms with E-state index in [0.29, 0.717) is 13.0 Å². The first-order valence-electron chi connectivity index (χ1n) is 5.31. The van der Waals surface area contributed by atoms with Gasteiger partial charge < -0.3 is 10.4 Å². The van der Waals surface area contributed by atoms with Crippen molar-refractivity contribution in [1.82, 2.24) is 5.32 Å². The fourth-order valence-electron chi connectivity index (χ4n) is 1.31. The first-order valence-corrected chi connectivity index (χ1v) is 5.31. The summed E-state index contributed by atoms with van der Waals surface area (Å²) in [5.41, 5.74) is 0.921. The molecule has 0 aromatic heterocycles. The van der Waals surface area contributed by atoms with Gasteiger partial charge in [0.05, 0.1) is 6.42 Å². The third-order valence-electron chi connectivity index (χ3n) is 2.22. The minimum Gasteiger partial charge on any atom is -0.481 e. The summed E-state index contributed by atoms with van der Waals surface area (Å²) in [6, 6.07) is 6.03. The van der Waals surface area contributed by atoms with Crippen LogP contribution in [0.15, 0.2) is 24.3 Å². The Hall–Kier alpha value is -1.91.